The van der Waals surface area contributed by atoms with Gasteiger partial charge in [-0.05, 0) is 60.2 Å². The van der Waals surface area contributed by atoms with E-state index in [4.69, 9.17) is 4.74 Å². The second-order valence-electron chi connectivity index (χ2n) is 10.3. The second-order valence-corrected chi connectivity index (χ2v) is 10.3. The number of carbonyl (C=O) groups is 3. The topological polar surface area (TPSA) is 133 Å². The van der Waals surface area contributed by atoms with Crippen molar-refractivity contribution in [2.24, 2.45) is 11.8 Å². The summed E-state index contributed by atoms with van der Waals surface area (Å²) in [5.41, 5.74) is 4.62. The van der Waals surface area contributed by atoms with Crippen molar-refractivity contribution < 1.29 is 24.2 Å². The van der Waals surface area contributed by atoms with E-state index in [0.29, 0.717) is 29.5 Å². The number of para-hydroxylation sites is 1. The second kappa shape index (κ2) is 13.5. The molecular weight excluding hydrogens is 496 g/mol. The summed E-state index contributed by atoms with van der Waals surface area (Å²) < 4.78 is 5.48. The molecule has 5 N–H and O–H groups in total. The molecule has 0 spiro atoms. The third-order valence-corrected chi connectivity index (χ3v) is 6.43. The maximum atomic E-state index is 13.0. The van der Waals surface area contributed by atoms with E-state index in [1.165, 1.54) is 7.11 Å². The lowest BCUT2D eigenvalue weighted by Crippen LogP contribution is -2.30. The lowest BCUT2D eigenvalue weighted by molar-refractivity contribution is -0.141. The number of rotatable bonds is 12. The predicted molar refractivity (Wildman–Crippen MR) is 152 cm³/mol. The van der Waals surface area contributed by atoms with E-state index in [0.717, 1.165) is 28.8 Å². The number of benzene rings is 2. The minimum atomic E-state index is -0.846. The van der Waals surface area contributed by atoms with Crippen molar-refractivity contribution in [3.8, 4) is 5.75 Å². The van der Waals surface area contributed by atoms with Gasteiger partial charge in [-0.2, -0.15) is 0 Å². The van der Waals surface area contributed by atoms with Gasteiger partial charge in [-0.15, -0.1) is 0 Å². The van der Waals surface area contributed by atoms with Gasteiger partial charge in [-0.1, -0.05) is 45.0 Å². The van der Waals surface area contributed by atoms with E-state index < -0.39 is 17.9 Å². The van der Waals surface area contributed by atoms with Gasteiger partial charge < -0.3 is 30.8 Å². The van der Waals surface area contributed by atoms with Crippen LogP contribution >= 0.6 is 0 Å². The van der Waals surface area contributed by atoms with E-state index in [1.807, 2.05) is 43.5 Å². The number of hydrogen-bond donors (Lipinski definition) is 5. The molecule has 1 heterocycles. The molecule has 3 aromatic rings. The van der Waals surface area contributed by atoms with E-state index in [2.05, 4.69) is 34.8 Å². The zero-order valence-corrected chi connectivity index (χ0v) is 23.1. The number of ether oxygens (including phenoxy) is 1. The molecule has 9 nitrogen and oxygen atoms in total. The SMILES string of the molecule is COc1cc(CC(=O)NC(CC(C)C)c2c[nH]c(CC(C)C(=O)O)c2)ccc1NC(=O)Nc1ccccc1C. The lowest BCUT2D eigenvalue weighted by atomic mass is 9.97. The highest BCUT2D eigenvalue weighted by Crippen LogP contribution is 2.27. The Hall–Kier alpha value is -4.27. The minimum absolute atomic E-state index is 0.133. The molecule has 3 amide bonds. The minimum Gasteiger partial charge on any atom is -0.495 e. The number of methoxy groups -OCH3 is 1. The summed E-state index contributed by atoms with van der Waals surface area (Å²) in [6, 6.07) is 14.0. The molecule has 0 aliphatic carbocycles. The van der Waals surface area contributed by atoms with Gasteiger partial charge in [0.2, 0.25) is 5.91 Å². The molecule has 3 rings (SSSR count). The van der Waals surface area contributed by atoms with Crippen molar-refractivity contribution in [1.29, 1.82) is 0 Å². The van der Waals surface area contributed by atoms with Crippen LogP contribution in [0.2, 0.25) is 0 Å². The van der Waals surface area contributed by atoms with Crippen LogP contribution < -0.4 is 20.7 Å². The van der Waals surface area contributed by atoms with Gasteiger partial charge >= 0.3 is 12.0 Å². The first kappa shape index (κ1) is 29.3. The Morgan fingerprint density at radius 1 is 1.00 bits per heavy atom. The van der Waals surface area contributed by atoms with Gasteiger partial charge in [0.05, 0.1) is 31.2 Å². The van der Waals surface area contributed by atoms with Gasteiger partial charge in [-0.25, -0.2) is 4.79 Å². The maximum absolute atomic E-state index is 13.0. The first-order chi connectivity index (χ1) is 18.5. The third-order valence-electron chi connectivity index (χ3n) is 6.43. The molecule has 0 saturated heterocycles. The molecule has 9 heteroatoms. The number of carboxylic acid groups (broad SMARTS) is 1. The molecular formula is C30H38N4O5. The van der Waals surface area contributed by atoms with E-state index >= 15 is 0 Å². The van der Waals surface area contributed by atoms with Gasteiger partial charge in [0.1, 0.15) is 5.75 Å². The molecule has 0 bridgehead atoms. The number of urea groups is 1. The fraction of sp³-hybridized carbons (Fsp3) is 0.367. The first-order valence-corrected chi connectivity index (χ1v) is 13.1. The van der Waals surface area contributed by atoms with Crippen molar-refractivity contribution in [3.63, 3.8) is 0 Å². The molecule has 0 saturated carbocycles. The highest BCUT2D eigenvalue weighted by Gasteiger charge is 2.20. The Morgan fingerprint density at radius 3 is 2.38 bits per heavy atom. The Labute approximate surface area is 229 Å². The number of amides is 3. The number of carboxylic acids is 1. The van der Waals surface area contributed by atoms with Gasteiger partial charge in [0, 0.05) is 24.0 Å². The zero-order valence-electron chi connectivity index (χ0n) is 23.1. The summed E-state index contributed by atoms with van der Waals surface area (Å²) in [6.07, 6.45) is 3.09. The maximum Gasteiger partial charge on any atom is 0.323 e. The molecule has 39 heavy (non-hydrogen) atoms. The summed E-state index contributed by atoms with van der Waals surface area (Å²) in [5.74, 6) is -0.718. The van der Waals surface area contributed by atoms with Gasteiger partial charge in [-0.3, -0.25) is 9.59 Å². The van der Waals surface area contributed by atoms with Gasteiger partial charge in [0.25, 0.3) is 0 Å². The lowest BCUT2D eigenvalue weighted by Gasteiger charge is -2.20. The van der Waals surface area contributed by atoms with E-state index in [-0.39, 0.29) is 18.4 Å². The Kier molecular flexibility index (Phi) is 10.1. The first-order valence-electron chi connectivity index (χ1n) is 13.1. The Bertz CT molecular complexity index is 1300. The summed E-state index contributed by atoms with van der Waals surface area (Å²) in [5, 5.41) is 18.0. The van der Waals surface area contributed by atoms with Crippen LogP contribution in [0.5, 0.6) is 5.75 Å². The molecule has 2 atom stereocenters. The number of anilines is 2. The van der Waals surface area contributed by atoms with E-state index in [9.17, 15) is 19.5 Å². The van der Waals surface area contributed by atoms with Crippen molar-refractivity contribution >= 4 is 29.3 Å². The number of hydrogen-bond acceptors (Lipinski definition) is 4. The van der Waals surface area contributed by atoms with Crippen LogP contribution in [0.1, 0.15) is 55.6 Å². The largest absolute Gasteiger partial charge is 0.495 e. The molecule has 0 aliphatic rings. The molecule has 0 fully saturated rings. The van der Waals surface area contributed by atoms with Crippen LogP contribution in [0.4, 0.5) is 16.2 Å². The fourth-order valence-electron chi connectivity index (χ4n) is 4.32. The molecule has 0 aliphatic heterocycles. The van der Waals surface area contributed by atoms with E-state index in [1.54, 1.807) is 25.1 Å². The van der Waals surface area contributed by atoms with Crippen LogP contribution in [-0.2, 0) is 22.4 Å². The predicted octanol–water partition coefficient (Wildman–Crippen LogP) is 5.69. The average molecular weight is 535 g/mol. The van der Waals surface area contributed by atoms with Crippen molar-refractivity contribution in [2.45, 2.75) is 53.0 Å². The monoisotopic (exact) mass is 534 g/mol. The number of carbonyl (C=O) groups excluding carboxylic acids is 2. The average Bonchev–Trinajstić information content (AvgIpc) is 3.34. The number of nitrogens with one attached hydrogen (secondary N) is 4. The quantitative estimate of drug-likeness (QED) is 0.204. The standard InChI is InChI=1S/C30H38N4O5/c1-18(2)12-26(22-16-23(31-17-22)13-20(4)29(36)37)32-28(35)15-21-10-11-25(27(14-21)39-5)34-30(38)33-24-9-7-6-8-19(24)3/h6-11,14,16-18,20,26,31H,12-13,15H2,1-5H3,(H,32,35)(H,36,37)(H2,33,34,38). The smallest absolute Gasteiger partial charge is 0.323 e. The summed E-state index contributed by atoms with van der Waals surface area (Å²) in [7, 11) is 1.51. The molecule has 1 aromatic heterocycles. The summed E-state index contributed by atoms with van der Waals surface area (Å²) in [6.45, 7) is 7.76. The van der Waals surface area contributed by atoms with Crippen molar-refractivity contribution in [3.05, 3.63) is 77.1 Å². The van der Waals surface area contributed by atoms with Crippen LogP contribution in [0, 0.1) is 18.8 Å². The number of aliphatic carboxylic acids is 1. The highest BCUT2D eigenvalue weighted by molar-refractivity contribution is 6.01. The van der Waals surface area contributed by atoms with Crippen molar-refractivity contribution in [2.75, 3.05) is 17.7 Å². The number of H-pyrrole nitrogens is 1. The molecule has 2 aromatic carbocycles. The summed E-state index contributed by atoms with van der Waals surface area (Å²) in [4.78, 5) is 39.9. The zero-order chi connectivity index (χ0) is 28.5. The molecule has 0 radical (unpaired) electrons. The third kappa shape index (κ3) is 8.63. The van der Waals surface area contributed by atoms with Crippen LogP contribution in [0.15, 0.2) is 54.7 Å². The highest BCUT2D eigenvalue weighted by atomic mass is 16.5. The Balaban J connectivity index is 1.65. The number of aromatic nitrogens is 1. The number of aryl methyl sites for hydroxylation is 1. The molecule has 208 valence electrons. The molecule has 2 unspecified atom stereocenters. The normalized spacial score (nSPS) is 12.5. The van der Waals surface area contributed by atoms with Crippen LogP contribution in [-0.4, -0.2) is 35.1 Å². The van der Waals surface area contributed by atoms with Crippen molar-refractivity contribution in [1.82, 2.24) is 10.3 Å². The number of aromatic amines is 1. The fourth-order valence-corrected chi connectivity index (χ4v) is 4.32. The summed E-state index contributed by atoms with van der Waals surface area (Å²) >= 11 is 0. The van der Waals surface area contributed by atoms with Crippen LogP contribution in [0.25, 0.3) is 0 Å². The van der Waals surface area contributed by atoms with Crippen LogP contribution in [0.3, 0.4) is 0 Å². The van der Waals surface area contributed by atoms with Gasteiger partial charge in [0.15, 0.2) is 0 Å². The Morgan fingerprint density at radius 2 is 1.72 bits per heavy atom.